The number of nitrogens with two attached hydrogens (primary N) is 1. The minimum absolute atomic E-state index is 0.548. The fraction of sp³-hybridized carbons (Fsp3) is 0.357. The molecule has 0 unspecified atom stereocenters. The van der Waals surface area contributed by atoms with E-state index in [1.165, 1.54) is 5.56 Å². The van der Waals surface area contributed by atoms with Gasteiger partial charge in [0.05, 0.1) is 0 Å². The van der Waals surface area contributed by atoms with Gasteiger partial charge in [0.2, 0.25) is 0 Å². The standard InChI is InChI=1S/C14H19N3/c1-9(2)11-5-7-12(8-6-11)13-14(15)17(4)10(3)16-13/h5-9H,15H2,1-4H3. The van der Waals surface area contributed by atoms with Crippen molar-refractivity contribution < 1.29 is 0 Å². The minimum Gasteiger partial charge on any atom is -0.383 e. The smallest absolute Gasteiger partial charge is 0.131 e. The lowest BCUT2D eigenvalue weighted by atomic mass is 10.0. The van der Waals surface area contributed by atoms with Crippen molar-refractivity contribution in [3.8, 4) is 11.3 Å². The van der Waals surface area contributed by atoms with Crippen molar-refractivity contribution >= 4 is 5.82 Å². The van der Waals surface area contributed by atoms with Crippen LogP contribution in [0.25, 0.3) is 11.3 Å². The lowest BCUT2D eigenvalue weighted by Gasteiger charge is -2.06. The SMILES string of the molecule is Cc1nc(-c2ccc(C(C)C)cc2)c(N)n1C. The molecule has 1 aromatic carbocycles. The van der Waals surface area contributed by atoms with E-state index in [0.29, 0.717) is 5.92 Å². The maximum atomic E-state index is 6.03. The number of rotatable bonds is 2. The Morgan fingerprint density at radius 2 is 1.76 bits per heavy atom. The van der Waals surface area contributed by atoms with Crippen molar-refractivity contribution in [2.75, 3.05) is 5.73 Å². The molecule has 1 aromatic heterocycles. The highest BCUT2D eigenvalue weighted by Crippen LogP contribution is 2.26. The maximum absolute atomic E-state index is 6.03. The van der Waals surface area contributed by atoms with Gasteiger partial charge in [0.15, 0.2) is 0 Å². The molecule has 2 N–H and O–H groups in total. The second-order valence-corrected chi connectivity index (χ2v) is 4.73. The summed E-state index contributed by atoms with van der Waals surface area (Å²) in [6.07, 6.45) is 0. The molecule has 3 heteroatoms. The van der Waals surface area contributed by atoms with E-state index in [-0.39, 0.29) is 0 Å². The fourth-order valence-electron chi connectivity index (χ4n) is 1.87. The highest BCUT2D eigenvalue weighted by molar-refractivity contribution is 5.71. The number of hydrogen-bond donors (Lipinski definition) is 1. The van der Waals surface area contributed by atoms with Gasteiger partial charge in [-0.2, -0.15) is 0 Å². The number of imidazole rings is 1. The largest absolute Gasteiger partial charge is 0.383 e. The molecular formula is C14H19N3. The summed E-state index contributed by atoms with van der Waals surface area (Å²) in [6.45, 7) is 6.34. The van der Waals surface area contributed by atoms with Crippen molar-refractivity contribution in [3.05, 3.63) is 35.7 Å². The Balaban J connectivity index is 2.43. The van der Waals surface area contributed by atoms with Crippen LogP contribution in [-0.2, 0) is 7.05 Å². The van der Waals surface area contributed by atoms with E-state index in [0.717, 1.165) is 22.9 Å². The number of anilines is 1. The van der Waals surface area contributed by atoms with Crippen molar-refractivity contribution in [2.45, 2.75) is 26.7 Å². The van der Waals surface area contributed by atoms with Crippen LogP contribution in [-0.4, -0.2) is 9.55 Å². The van der Waals surface area contributed by atoms with E-state index in [2.05, 4.69) is 43.1 Å². The van der Waals surface area contributed by atoms with Crippen molar-refractivity contribution in [3.63, 3.8) is 0 Å². The Morgan fingerprint density at radius 1 is 1.18 bits per heavy atom. The molecule has 90 valence electrons. The summed E-state index contributed by atoms with van der Waals surface area (Å²) in [4.78, 5) is 4.49. The van der Waals surface area contributed by atoms with Crippen molar-refractivity contribution in [2.24, 2.45) is 7.05 Å². The first-order valence-corrected chi connectivity index (χ1v) is 5.90. The molecule has 0 radical (unpaired) electrons. The number of benzene rings is 1. The zero-order chi connectivity index (χ0) is 12.6. The molecule has 0 bridgehead atoms. The summed E-state index contributed by atoms with van der Waals surface area (Å²) in [5.41, 5.74) is 9.32. The molecule has 0 saturated heterocycles. The molecule has 0 amide bonds. The highest BCUT2D eigenvalue weighted by Gasteiger charge is 2.11. The number of hydrogen-bond acceptors (Lipinski definition) is 2. The van der Waals surface area contributed by atoms with Crippen LogP contribution in [0.5, 0.6) is 0 Å². The lowest BCUT2D eigenvalue weighted by Crippen LogP contribution is -1.98. The average molecular weight is 229 g/mol. The monoisotopic (exact) mass is 229 g/mol. The zero-order valence-electron chi connectivity index (χ0n) is 10.9. The van der Waals surface area contributed by atoms with E-state index in [4.69, 9.17) is 5.73 Å². The highest BCUT2D eigenvalue weighted by atomic mass is 15.1. The van der Waals surface area contributed by atoms with Gasteiger partial charge >= 0.3 is 0 Å². The fourth-order valence-corrected chi connectivity index (χ4v) is 1.87. The zero-order valence-corrected chi connectivity index (χ0v) is 10.9. The van der Waals surface area contributed by atoms with Gasteiger partial charge in [0.25, 0.3) is 0 Å². The topological polar surface area (TPSA) is 43.8 Å². The Morgan fingerprint density at radius 3 is 2.18 bits per heavy atom. The summed E-state index contributed by atoms with van der Waals surface area (Å²) in [7, 11) is 1.93. The molecule has 3 nitrogen and oxygen atoms in total. The number of nitrogens with zero attached hydrogens (tertiary/aromatic N) is 2. The molecule has 0 aliphatic carbocycles. The molecule has 2 aromatic rings. The molecule has 0 aliphatic rings. The second kappa shape index (κ2) is 4.24. The molecule has 1 heterocycles. The third-order valence-corrected chi connectivity index (χ3v) is 3.21. The minimum atomic E-state index is 0.548. The van der Waals surface area contributed by atoms with E-state index in [1.54, 1.807) is 0 Å². The number of nitrogen functional groups attached to an aromatic ring is 1. The predicted molar refractivity (Wildman–Crippen MR) is 71.9 cm³/mol. The summed E-state index contributed by atoms with van der Waals surface area (Å²) >= 11 is 0. The van der Waals surface area contributed by atoms with Crippen LogP contribution < -0.4 is 5.73 Å². The van der Waals surface area contributed by atoms with Gasteiger partial charge in [-0.05, 0) is 18.4 Å². The predicted octanol–water partition coefficient (Wildman–Crippen LogP) is 3.10. The molecule has 17 heavy (non-hydrogen) atoms. The van der Waals surface area contributed by atoms with Gasteiger partial charge in [0.1, 0.15) is 17.3 Å². The molecule has 0 atom stereocenters. The third-order valence-electron chi connectivity index (χ3n) is 3.21. The van der Waals surface area contributed by atoms with Crippen LogP contribution in [0.1, 0.15) is 31.2 Å². The van der Waals surface area contributed by atoms with Gasteiger partial charge in [-0.1, -0.05) is 38.1 Å². The summed E-state index contributed by atoms with van der Waals surface area (Å²) in [5, 5.41) is 0. The van der Waals surface area contributed by atoms with Crippen LogP contribution in [0.2, 0.25) is 0 Å². The first kappa shape index (κ1) is 11.7. The van der Waals surface area contributed by atoms with Gasteiger partial charge in [-0.15, -0.1) is 0 Å². The second-order valence-electron chi connectivity index (χ2n) is 4.73. The Bertz CT molecular complexity index is 521. The van der Waals surface area contributed by atoms with Crippen molar-refractivity contribution in [1.82, 2.24) is 9.55 Å². The summed E-state index contributed by atoms with van der Waals surface area (Å²) in [5.74, 6) is 2.21. The molecule has 0 saturated carbocycles. The first-order valence-electron chi connectivity index (χ1n) is 5.90. The van der Waals surface area contributed by atoms with Crippen molar-refractivity contribution in [1.29, 1.82) is 0 Å². The normalized spacial score (nSPS) is 11.1. The van der Waals surface area contributed by atoms with E-state index < -0.39 is 0 Å². The van der Waals surface area contributed by atoms with Crippen LogP contribution in [0.3, 0.4) is 0 Å². The summed E-state index contributed by atoms with van der Waals surface area (Å²) in [6, 6.07) is 8.47. The van der Waals surface area contributed by atoms with Crippen LogP contribution in [0.15, 0.2) is 24.3 Å². The van der Waals surface area contributed by atoms with Gasteiger partial charge in [-0.3, -0.25) is 0 Å². The quantitative estimate of drug-likeness (QED) is 0.860. The third kappa shape index (κ3) is 2.05. The maximum Gasteiger partial charge on any atom is 0.131 e. The number of aromatic nitrogens is 2. The first-order chi connectivity index (χ1) is 8.00. The van der Waals surface area contributed by atoms with E-state index in [9.17, 15) is 0 Å². The van der Waals surface area contributed by atoms with Crippen LogP contribution in [0, 0.1) is 6.92 Å². The van der Waals surface area contributed by atoms with Gasteiger partial charge in [0, 0.05) is 12.6 Å². The lowest BCUT2D eigenvalue weighted by molar-refractivity contribution is 0.867. The van der Waals surface area contributed by atoms with E-state index >= 15 is 0 Å². The molecule has 0 fully saturated rings. The van der Waals surface area contributed by atoms with Gasteiger partial charge in [-0.25, -0.2) is 4.98 Å². The van der Waals surface area contributed by atoms with Gasteiger partial charge < -0.3 is 10.3 Å². The average Bonchev–Trinajstić information content (AvgIpc) is 2.57. The Labute approximate surface area is 102 Å². The van der Waals surface area contributed by atoms with Crippen LogP contribution >= 0.6 is 0 Å². The Kier molecular flexibility index (Phi) is 2.92. The molecule has 2 rings (SSSR count). The van der Waals surface area contributed by atoms with E-state index in [1.807, 2.05) is 18.5 Å². The molecule has 0 aliphatic heterocycles. The molecule has 0 spiro atoms. The van der Waals surface area contributed by atoms with Crippen LogP contribution in [0.4, 0.5) is 5.82 Å². The Hall–Kier alpha value is -1.77. The summed E-state index contributed by atoms with van der Waals surface area (Å²) < 4.78 is 1.91. The molecular weight excluding hydrogens is 210 g/mol. The number of aryl methyl sites for hydroxylation is 1.